The Labute approximate surface area is 114 Å². The fourth-order valence-electron chi connectivity index (χ4n) is 2.95. The van der Waals surface area contributed by atoms with Gasteiger partial charge in [0.2, 0.25) is 0 Å². The predicted molar refractivity (Wildman–Crippen MR) is 74.4 cm³/mol. The van der Waals surface area contributed by atoms with Crippen LogP contribution >= 0.6 is 0 Å². The lowest BCUT2D eigenvalue weighted by Crippen LogP contribution is -2.53. The minimum absolute atomic E-state index is 0.0429. The Kier molecular flexibility index (Phi) is 4.23. The average Bonchev–Trinajstić information content (AvgIpc) is 2.27. The van der Waals surface area contributed by atoms with Crippen LogP contribution in [0.4, 0.5) is 4.39 Å². The number of hydrogen-bond acceptors (Lipinski definition) is 3. The lowest BCUT2D eigenvalue weighted by Gasteiger charge is -2.45. The van der Waals surface area contributed by atoms with Crippen molar-refractivity contribution in [3.63, 3.8) is 0 Å². The first-order valence-electron chi connectivity index (χ1n) is 6.79. The van der Waals surface area contributed by atoms with Gasteiger partial charge in [0, 0.05) is 25.7 Å². The zero-order valence-electron chi connectivity index (χ0n) is 11.9. The standard InChI is InChI=1S/C15H23FN2O/c1-11-9-18(10-15(2,3)19-11)14(8-17)12-5-4-6-13(16)7-12/h4-7,11,14H,8-10,17H2,1-3H3. The van der Waals surface area contributed by atoms with Crippen molar-refractivity contribution in [2.24, 2.45) is 5.73 Å². The van der Waals surface area contributed by atoms with Crippen molar-refractivity contribution in [2.45, 2.75) is 38.5 Å². The number of ether oxygens (including phenoxy) is 1. The monoisotopic (exact) mass is 266 g/mol. The molecule has 1 aliphatic rings. The molecule has 2 rings (SSSR count). The maximum atomic E-state index is 13.4. The number of halogens is 1. The van der Waals surface area contributed by atoms with E-state index in [1.165, 1.54) is 6.07 Å². The van der Waals surface area contributed by atoms with Crippen LogP contribution in [-0.2, 0) is 4.74 Å². The van der Waals surface area contributed by atoms with Gasteiger partial charge in [0.15, 0.2) is 0 Å². The van der Waals surface area contributed by atoms with Gasteiger partial charge in [0.1, 0.15) is 5.82 Å². The first-order chi connectivity index (χ1) is 8.91. The summed E-state index contributed by atoms with van der Waals surface area (Å²) in [6.07, 6.45) is 0.159. The summed E-state index contributed by atoms with van der Waals surface area (Å²) < 4.78 is 19.3. The van der Waals surface area contributed by atoms with Crippen molar-refractivity contribution >= 4 is 0 Å². The topological polar surface area (TPSA) is 38.5 Å². The van der Waals surface area contributed by atoms with Crippen molar-refractivity contribution < 1.29 is 9.13 Å². The Morgan fingerprint density at radius 3 is 2.84 bits per heavy atom. The third-order valence-corrected chi connectivity index (χ3v) is 3.49. The summed E-state index contributed by atoms with van der Waals surface area (Å²) in [7, 11) is 0. The smallest absolute Gasteiger partial charge is 0.123 e. The Morgan fingerprint density at radius 2 is 2.26 bits per heavy atom. The van der Waals surface area contributed by atoms with Crippen molar-refractivity contribution in [3.8, 4) is 0 Å². The second kappa shape index (κ2) is 5.57. The summed E-state index contributed by atoms with van der Waals surface area (Å²) in [6.45, 7) is 8.32. The Bertz CT molecular complexity index is 436. The summed E-state index contributed by atoms with van der Waals surface area (Å²) in [4.78, 5) is 2.29. The summed E-state index contributed by atoms with van der Waals surface area (Å²) in [5.74, 6) is -0.212. The highest BCUT2D eigenvalue weighted by Crippen LogP contribution is 2.28. The van der Waals surface area contributed by atoms with Gasteiger partial charge in [-0.25, -0.2) is 4.39 Å². The molecule has 19 heavy (non-hydrogen) atoms. The van der Waals surface area contributed by atoms with Crippen LogP contribution in [0.1, 0.15) is 32.4 Å². The largest absolute Gasteiger partial charge is 0.370 e. The summed E-state index contributed by atoms with van der Waals surface area (Å²) >= 11 is 0. The highest BCUT2D eigenvalue weighted by molar-refractivity contribution is 5.21. The molecule has 1 saturated heterocycles. The Balaban J connectivity index is 2.22. The van der Waals surface area contributed by atoms with Gasteiger partial charge in [-0.05, 0) is 38.5 Å². The molecule has 106 valence electrons. The summed E-state index contributed by atoms with van der Waals surface area (Å²) in [6, 6.07) is 6.75. The first-order valence-corrected chi connectivity index (χ1v) is 6.79. The van der Waals surface area contributed by atoms with Crippen LogP contribution in [0.2, 0.25) is 0 Å². The van der Waals surface area contributed by atoms with Gasteiger partial charge in [0.25, 0.3) is 0 Å². The maximum Gasteiger partial charge on any atom is 0.123 e. The van der Waals surface area contributed by atoms with Crippen LogP contribution in [0.25, 0.3) is 0 Å². The van der Waals surface area contributed by atoms with E-state index in [0.29, 0.717) is 6.54 Å². The van der Waals surface area contributed by atoms with Gasteiger partial charge in [-0.3, -0.25) is 4.90 Å². The molecule has 0 spiro atoms. The van der Waals surface area contributed by atoms with E-state index in [1.54, 1.807) is 12.1 Å². The van der Waals surface area contributed by atoms with Gasteiger partial charge in [-0.2, -0.15) is 0 Å². The molecule has 0 bridgehead atoms. The molecule has 1 aliphatic heterocycles. The summed E-state index contributed by atoms with van der Waals surface area (Å²) in [5.41, 5.74) is 6.66. The third kappa shape index (κ3) is 3.53. The quantitative estimate of drug-likeness (QED) is 0.912. The molecule has 3 nitrogen and oxygen atoms in total. The van der Waals surface area contributed by atoms with Gasteiger partial charge in [0.05, 0.1) is 11.7 Å². The van der Waals surface area contributed by atoms with E-state index in [1.807, 2.05) is 6.07 Å². The maximum absolute atomic E-state index is 13.4. The van der Waals surface area contributed by atoms with E-state index in [4.69, 9.17) is 10.5 Å². The second-order valence-corrected chi connectivity index (χ2v) is 5.92. The molecule has 2 unspecified atom stereocenters. The van der Waals surface area contributed by atoms with Crippen LogP contribution in [0.3, 0.4) is 0 Å². The molecule has 4 heteroatoms. The van der Waals surface area contributed by atoms with E-state index >= 15 is 0 Å². The zero-order chi connectivity index (χ0) is 14.0. The van der Waals surface area contributed by atoms with Gasteiger partial charge < -0.3 is 10.5 Å². The molecule has 0 amide bonds. The van der Waals surface area contributed by atoms with E-state index < -0.39 is 0 Å². The van der Waals surface area contributed by atoms with Crippen molar-refractivity contribution in [1.82, 2.24) is 4.90 Å². The van der Waals surface area contributed by atoms with Crippen molar-refractivity contribution in [3.05, 3.63) is 35.6 Å². The van der Waals surface area contributed by atoms with Crippen molar-refractivity contribution in [1.29, 1.82) is 0 Å². The zero-order valence-corrected chi connectivity index (χ0v) is 11.9. The number of nitrogens with zero attached hydrogens (tertiary/aromatic N) is 1. The normalized spacial score (nSPS) is 25.2. The van der Waals surface area contributed by atoms with E-state index in [0.717, 1.165) is 18.7 Å². The first kappa shape index (κ1) is 14.4. The molecule has 1 heterocycles. The molecule has 2 N–H and O–H groups in total. The van der Waals surface area contributed by atoms with E-state index in [9.17, 15) is 4.39 Å². The molecule has 0 saturated carbocycles. The highest BCUT2D eigenvalue weighted by Gasteiger charge is 2.34. The average molecular weight is 266 g/mol. The fraction of sp³-hybridized carbons (Fsp3) is 0.600. The number of nitrogens with two attached hydrogens (primary N) is 1. The predicted octanol–water partition coefficient (Wildman–Crippen LogP) is 2.32. The van der Waals surface area contributed by atoms with Gasteiger partial charge >= 0.3 is 0 Å². The lowest BCUT2D eigenvalue weighted by atomic mass is 9.99. The minimum atomic E-state index is -0.212. The van der Waals surface area contributed by atoms with Crippen LogP contribution < -0.4 is 5.73 Å². The molecule has 0 radical (unpaired) electrons. The number of hydrogen-bond donors (Lipinski definition) is 1. The van der Waals surface area contributed by atoms with Gasteiger partial charge in [-0.15, -0.1) is 0 Å². The van der Waals surface area contributed by atoms with Crippen LogP contribution in [-0.4, -0.2) is 36.2 Å². The molecule has 0 aliphatic carbocycles. The summed E-state index contributed by atoms with van der Waals surface area (Å²) in [5, 5.41) is 0. The molecule has 1 aromatic carbocycles. The minimum Gasteiger partial charge on any atom is -0.370 e. The van der Waals surface area contributed by atoms with E-state index in [-0.39, 0.29) is 23.6 Å². The third-order valence-electron chi connectivity index (χ3n) is 3.49. The number of rotatable bonds is 3. The van der Waals surface area contributed by atoms with Gasteiger partial charge in [-0.1, -0.05) is 12.1 Å². The molecule has 0 aromatic heterocycles. The Hall–Kier alpha value is -0.970. The fourth-order valence-corrected chi connectivity index (χ4v) is 2.95. The second-order valence-electron chi connectivity index (χ2n) is 5.92. The highest BCUT2D eigenvalue weighted by atomic mass is 19.1. The van der Waals surface area contributed by atoms with E-state index in [2.05, 4.69) is 25.7 Å². The lowest BCUT2D eigenvalue weighted by molar-refractivity contribution is -0.137. The SMILES string of the molecule is CC1CN(C(CN)c2cccc(F)c2)CC(C)(C)O1. The molecular formula is C15H23FN2O. The molecular weight excluding hydrogens is 243 g/mol. The number of morpholine rings is 1. The van der Waals surface area contributed by atoms with Crippen LogP contribution in [0, 0.1) is 5.82 Å². The molecule has 2 atom stereocenters. The molecule has 1 fully saturated rings. The van der Waals surface area contributed by atoms with Crippen LogP contribution in [0.15, 0.2) is 24.3 Å². The Morgan fingerprint density at radius 1 is 1.53 bits per heavy atom. The molecule has 1 aromatic rings. The van der Waals surface area contributed by atoms with Crippen molar-refractivity contribution in [2.75, 3.05) is 19.6 Å². The number of benzene rings is 1. The van der Waals surface area contributed by atoms with Crippen LogP contribution in [0.5, 0.6) is 0 Å².